The fourth-order valence-corrected chi connectivity index (χ4v) is 5.00. The molecule has 6 nitrogen and oxygen atoms in total. The Bertz CT molecular complexity index is 1010. The molecule has 6 rings (SSSR count). The molecule has 27 heavy (non-hydrogen) atoms. The van der Waals surface area contributed by atoms with Gasteiger partial charge < -0.3 is 19.3 Å². The van der Waals surface area contributed by atoms with E-state index in [1.807, 2.05) is 24.3 Å². The predicted octanol–water partition coefficient (Wildman–Crippen LogP) is 3.31. The molecule has 3 atom stereocenters. The Hall–Kier alpha value is -2.57. The van der Waals surface area contributed by atoms with Crippen LogP contribution in [0.1, 0.15) is 58.8 Å². The molecule has 2 bridgehead atoms. The van der Waals surface area contributed by atoms with Crippen molar-refractivity contribution < 1.29 is 28.8 Å². The maximum Gasteiger partial charge on any atom is 0.245 e. The van der Waals surface area contributed by atoms with Gasteiger partial charge in [-0.25, -0.2) is 0 Å². The SMILES string of the molecule is COc1ccc2c3c1C(=O)CC[C@]31Oc3cccc4c3[C@](CC[C@@H]4O)(O2)O1. The lowest BCUT2D eigenvalue weighted by Gasteiger charge is -2.55. The average molecular weight is 366 g/mol. The van der Waals surface area contributed by atoms with Crippen molar-refractivity contribution in [2.24, 2.45) is 0 Å². The Morgan fingerprint density at radius 2 is 1.85 bits per heavy atom. The number of rotatable bonds is 1. The van der Waals surface area contributed by atoms with Crippen LogP contribution in [0.3, 0.4) is 0 Å². The molecule has 4 aliphatic rings. The number of carbonyl (C=O) groups is 1. The molecule has 0 saturated carbocycles. The Kier molecular flexibility index (Phi) is 2.77. The highest BCUT2D eigenvalue weighted by molar-refractivity contribution is 6.02. The lowest BCUT2D eigenvalue weighted by atomic mass is 9.78. The summed E-state index contributed by atoms with van der Waals surface area (Å²) in [6.45, 7) is 0. The summed E-state index contributed by atoms with van der Waals surface area (Å²) in [4.78, 5) is 12.7. The standard InChI is InChI=1S/C21H18O6/c1-24-14-5-6-16-19-17(14)13(23)8-10-21(19)25-15-4-2-3-11-12(22)7-9-20(26-16,27-21)18(11)15/h2-6,12,22H,7-10H2,1H3/t12-,20+,21+/m0/s1. The first-order valence-electron chi connectivity index (χ1n) is 9.21. The Morgan fingerprint density at radius 1 is 1.07 bits per heavy atom. The molecule has 138 valence electrons. The summed E-state index contributed by atoms with van der Waals surface area (Å²) in [5.74, 6) is -0.363. The maximum absolute atomic E-state index is 12.7. The third-order valence-corrected chi connectivity index (χ3v) is 6.11. The second kappa shape index (κ2) is 4.82. The first kappa shape index (κ1) is 15.5. The van der Waals surface area contributed by atoms with Crippen molar-refractivity contribution in [1.82, 2.24) is 0 Å². The Balaban J connectivity index is 1.67. The molecule has 0 radical (unpaired) electrons. The molecule has 2 spiro atoms. The number of aliphatic hydroxyl groups is 1. The van der Waals surface area contributed by atoms with Crippen molar-refractivity contribution in [3.63, 3.8) is 0 Å². The first-order valence-corrected chi connectivity index (χ1v) is 9.21. The van der Waals surface area contributed by atoms with Gasteiger partial charge in [-0.2, -0.15) is 0 Å². The third kappa shape index (κ3) is 1.75. The minimum Gasteiger partial charge on any atom is -0.496 e. The molecular weight excluding hydrogens is 348 g/mol. The van der Waals surface area contributed by atoms with Gasteiger partial charge in [-0.15, -0.1) is 0 Å². The van der Waals surface area contributed by atoms with Gasteiger partial charge in [0.2, 0.25) is 11.6 Å². The Morgan fingerprint density at radius 3 is 2.67 bits per heavy atom. The molecule has 0 aromatic heterocycles. The van der Waals surface area contributed by atoms with Crippen LogP contribution < -0.4 is 14.2 Å². The summed E-state index contributed by atoms with van der Waals surface area (Å²) in [7, 11) is 1.55. The second-order valence-corrected chi connectivity index (χ2v) is 7.53. The summed E-state index contributed by atoms with van der Waals surface area (Å²) in [6.07, 6.45) is 1.19. The average Bonchev–Trinajstić information content (AvgIpc) is 2.68. The largest absolute Gasteiger partial charge is 0.496 e. The van der Waals surface area contributed by atoms with Crippen molar-refractivity contribution >= 4 is 5.78 Å². The number of Topliss-reactive ketones (excluding diaryl/α,β-unsaturated/α-hetero) is 1. The number of ketones is 1. The normalized spacial score (nSPS) is 31.9. The van der Waals surface area contributed by atoms with E-state index in [-0.39, 0.29) is 5.78 Å². The van der Waals surface area contributed by atoms with Crippen molar-refractivity contribution in [3.8, 4) is 17.2 Å². The number of carbonyl (C=O) groups excluding carboxylic acids is 1. The van der Waals surface area contributed by atoms with Crippen LogP contribution in [0.5, 0.6) is 17.2 Å². The van der Waals surface area contributed by atoms with Crippen molar-refractivity contribution in [2.45, 2.75) is 43.4 Å². The molecule has 0 fully saturated rings. The molecule has 2 aromatic rings. The van der Waals surface area contributed by atoms with E-state index in [1.54, 1.807) is 13.2 Å². The number of hydrogen-bond donors (Lipinski definition) is 1. The third-order valence-electron chi connectivity index (χ3n) is 6.11. The van der Waals surface area contributed by atoms with Crippen LogP contribution >= 0.6 is 0 Å². The number of hydrogen-bond acceptors (Lipinski definition) is 6. The quantitative estimate of drug-likeness (QED) is 0.835. The van der Waals surface area contributed by atoms with Gasteiger partial charge in [0.05, 0.1) is 29.9 Å². The zero-order chi connectivity index (χ0) is 18.4. The highest BCUT2D eigenvalue weighted by Gasteiger charge is 2.62. The molecule has 2 aliphatic heterocycles. The van der Waals surface area contributed by atoms with Gasteiger partial charge in [0.1, 0.15) is 17.2 Å². The topological polar surface area (TPSA) is 74.2 Å². The minimum absolute atomic E-state index is 0.000288. The fourth-order valence-electron chi connectivity index (χ4n) is 5.00. The van der Waals surface area contributed by atoms with Gasteiger partial charge in [-0.3, -0.25) is 9.53 Å². The molecule has 2 aliphatic carbocycles. The molecule has 0 amide bonds. The van der Waals surface area contributed by atoms with E-state index in [4.69, 9.17) is 18.9 Å². The van der Waals surface area contributed by atoms with Crippen LogP contribution in [0, 0.1) is 0 Å². The highest BCUT2D eigenvalue weighted by atomic mass is 16.8. The molecule has 1 N–H and O–H groups in total. The van der Waals surface area contributed by atoms with Crippen LogP contribution in [0.15, 0.2) is 30.3 Å². The number of methoxy groups -OCH3 is 1. The van der Waals surface area contributed by atoms with E-state index in [1.165, 1.54) is 0 Å². The van der Waals surface area contributed by atoms with E-state index in [2.05, 4.69) is 0 Å². The lowest BCUT2D eigenvalue weighted by molar-refractivity contribution is -0.367. The maximum atomic E-state index is 12.7. The Labute approximate surface area is 155 Å². The van der Waals surface area contributed by atoms with Gasteiger partial charge in [-0.1, -0.05) is 12.1 Å². The van der Waals surface area contributed by atoms with Crippen LogP contribution in [-0.4, -0.2) is 18.0 Å². The summed E-state index contributed by atoms with van der Waals surface area (Å²) < 4.78 is 24.8. The van der Waals surface area contributed by atoms with Gasteiger partial charge >= 0.3 is 0 Å². The first-order chi connectivity index (χ1) is 13.1. The molecule has 6 heteroatoms. The summed E-state index contributed by atoms with van der Waals surface area (Å²) in [5, 5.41) is 10.5. The van der Waals surface area contributed by atoms with Crippen molar-refractivity contribution in [2.75, 3.05) is 7.11 Å². The smallest absolute Gasteiger partial charge is 0.245 e. The van der Waals surface area contributed by atoms with E-state index in [0.29, 0.717) is 54.1 Å². The van der Waals surface area contributed by atoms with Crippen LogP contribution in [0.2, 0.25) is 0 Å². The molecule has 2 aromatic carbocycles. The van der Waals surface area contributed by atoms with Crippen molar-refractivity contribution in [3.05, 3.63) is 52.6 Å². The van der Waals surface area contributed by atoms with Crippen LogP contribution in [-0.2, 0) is 16.3 Å². The molecule has 0 saturated heterocycles. The molecule has 0 unspecified atom stereocenters. The monoisotopic (exact) mass is 366 g/mol. The van der Waals surface area contributed by atoms with Crippen molar-refractivity contribution in [1.29, 1.82) is 0 Å². The summed E-state index contributed by atoms with van der Waals surface area (Å²) >= 11 is 0. The van der Waals surface area contributed by atoms with Crippen LogP contribution in [0.25, 0.3) is 0 Å². The molecule has 2 heterocycles. The van der Waals surface area contributed by atoms with Crippen LogP contribution in [0.4, 0.5) is 0 Å². The van der Waals surface area contributed by atoms with E-state index in [9.17, 15) is 9.90 Å². The minimum atomic E-state index is -1.08. The van der Waals surface area contributed by atoms with Gasteiger partial charge in [0.25, 0.3) is 0 Å². The summed E-state index contributed by atoms with van der Waals surface area (Å²) in [6, 6.07) is 9.21. The number of ether oxygens (including phenoxy) is 4. The van der Waals surface area contributed by atoms with E-state index >= 15 is 0 Å². The van der Waals surface area contributed by atoms with Gasteiger partial charge in [0, 0.05) is 19.3 Å². The lowest BCUT2D eigenvalue weighted by Crippen LogP contribution is -2.58. The summed E-state index contributed by atoms with van der Waals surface area (Å²) in [5.41, 5.74) is 2.63. The predicted molar refractivity (Wildman–Crippen MR) is 92.9 cm³/mol. The second-order valence-electron chi connectivity index (χ2n) is 7.53. The zero-order valence-corrected chi connectivity index (χ0v) is 14.8. The zero-order valence-electron chi connectivity index (χ0n) is 14.8. The number of benzene rings is 2. The number of aliphatic hydroxyl groups excluding tert-OH is 1. The molecular formula is C21H18O6. The van der Waals surface area contributed by atoms with E-state index < -0.39 is 17.7 Å². The van der Waals surface area contributed by atoms with E-state index in [0.717, 1.165) is 11.1 Å². The highest BCUT2D eigenvalue weighted by Crippen LogP contribution is 2.62. The van der Waals surface area contributed by atoms with Gasteiger partial charge in [0.15, 0.2) is 5.78 Å². The van der Waals surface area contributed by atoms with Gasteiger partial charge in [-0.05, 0) is 30.2 Å². The fraction of sp³-hybridized carbons (Fsp3) is 0.381.